The van der Waals surface area contributed by atoms with Crippen LogP contribution in [0.4, 0.5) is 5.69 Å². The molecule has 122 valence electrons. The SMILES string of the molecule is CNc1coc2cnc(C(=O)NC3C4CCN(CC4)C3C)cc12. The fraction of sp³-hybridized carbons (Fsp3) is 0.529. The van der Waals surface area contributed by atoms with Crippen LogP contribution in [0, 0.1) is 5.92 Å². The molecule has 2 unspecified atom stereocenters. The lowest BCUT2D eigenvalue weighted by Gasteiger charge is -2.49. The molecule has 2 bridgehead atoms. The Bertz CT molecular complexity index is 731. The highest BCUT2D eigenvalue weighted by atomic mass is 16.3. The zero-order chi connectivity index (χ0) is 16.0. The Morgan fingerprint density at radius 3 is 2.87 bits per heavy atom. The first-order valence-electron chi connectivity index (χ1n) is 8.27. The number of anilines is 1. The molecule has 5 heterocycles. The Morgan fingerprint density at radius 1 is 1.39 bits per heavy atom. The van der Waals surface area contributed by atoms with Crippen LogP contribution >= 0.6 is 0 Å². The highest BCUT2D eigenvalue weighted by Gasteiger charge is 2.40. The van der Waals surface area contributed by atoms with Crippen molar-refractivity contribution in [2.24, 2.45) is 5.92 Å². The van der Waals surface area contributed by atoms with Gasteiger partial charge in [-0.2, -0.15) is 0 Å². The van der Waals surface area contributed by atoms with Crippen molar-refractivity contribution >= 4 is 22.6 Å². The summed E-state index contributed by atoms with van der Waals surface area (Å²) in [7, 11) is 1.83. The molecule has 3 saturated heterocycles. The Kier molecular flexibility index (Phi) is 3.49. The molecule has 2 N–H and O–H groups in total. The maximum Gasteiger partial charge on any atom is 0.270 e. The van der Waals surface area contributed by atoms with Crippen molar-refractivity contribution < 1.29 is 9.21 Å². The quantitative estimate of drug-likeness (QED) is 0.908. The van der Waals surface area contributed by atoms with Crippen LogP contribution in [0.25, 0.3) is 11.0 Å². The predicted molar refractivity (Wildman–Crippen MR) is 88.6 cm³/mol. The van der Waals surface area contributed by atoms with E-state index in [1.54, 1.807) is 18.5 Å². The van der Waals surface area contributed by atoms with E-state index in [9.17, 15) is 4.79 Å². The second kappa shape index (κ2) is 5.53. The average molecular weight is 314 g/mol. The summed E-state index contributed by atoms with van der Waals surface area (Å²) in [5.74, 6) is 0.491. The zero-order valence-corrected chi connectivity index (χ0v) is 13.5. The van der Waals surface area contributed by atoms with Crippen LogP contribution in [0.2, 0.25) is 0 Å². The lowest BCUT2D eigenvalue weighted by atomic mass is 9.79. The van der Waals surface area contributed by atoms with Gasteiger partial charge in [-0.05, 0) is 44.8 Å². The highest BCUT2D eigenvalue weighted by Crippen LogP contribution is 2.32. The van der Waals surface area contributed by atoms with Crippen LogP contribution < -0.4 is 10.6 Å². The normalized spacial score (nSPS) is 29.7. The number of pyridine rings is 1. The third-order valence-electron chi connectivity index (χ3n) is 5.44. The Hall–Kier alpha value is -2.08. The van der Waals surface area contributed by atoms with E-state index >= 15 is 0 Å². The molecule has 0 radical (unpaired) electrons. The van der Waals surface area contributed by atoms with Gasteiger partial charge in [0.2, 0.25) is 0 Å². The number of nitrogens with zero attached hydrogens (tertiary/aromatic N) is 2. The number of aromatic nitrogens is 1. The van der Waals surface area contributed by atoms with E-state index in [2.05, 4.69) is 27.4 Å². The summed E-state index contributed by atoms with van der Waals surface area (Å²) < 4.78 is 5.42. The molecular formula is C17H22N4O2. The van der Waals surface area contributed by atoms with E-state index < -0.39 is 0 Å². The summed E-state index contributed by atoms with van der Waals surface area (Å²) in [6, 6.07) is 2.42. The minimum absolute atomic E-state index is 0.0965. The molecule has 1 amide bonds. The standard InChI is InChI=1S/C17H22N4O2/c1-10-16(11-3-5-21(10)6-4-11)20-17(22)13-7-12-14(18-2)9-23-15(12)8-19-13/h7-11,16,18H,3-6H2,1-2H3,(H,20,22). The van der Waals surface area contributed by atoms with Gasteiger partial charge in [-0.25, -0.2) is 4.98 Å². The summed E-state index contributed by atoms with van der Waals surface area (Å²) in [6.45, 7) is 4.52. The monoisotopic (exact) mass is 314 g/mol. The van der Waals surface area contributed by atoms with Gasteiger partial charge in [0.15, 0.2) is 5.58 Å². The fourth-order valence-electron chi connectivity index (χ4n) is 4.02. The van der Waals surface area contributed by atoms with E-state index in [4.69, 9.17) is 4.42 Å². The van der Waals surface area contributed by atoms with Gasteiger partial charge in [-0.1, -0.05) is 0 Å². The summed E-state index contributed by atoms with van der Waals surface area (Å²) in [4.78, 5) is 19.4. The van der Waals surface area contributed by atoms with E-state index in [0.29, 0.717) is 23.2 Å². The van der Waals surface area contributed by atoms with E-state index in [0.717, 1.165) is 24.2 Å². The molecule has 2 aromatic heterocycles. The maximum absolute atomic E-state index is 12.7. The molecule has 6 heteroatoms. The third-order valence-corrected chi connectivity index (χ3v) is 5.44. The van der Waals surface area contributed by atoms with Gasteiger partial charge in [-0.15, -0.1) is 0 Å². The third kappa shape index (κ3) is 2.37. The number of rotatable bonds is 3. The first-order valence-corrected chi connectivity index (χ1v) is 8.27. The molecule has 0 spiro atoms. The predicted octanol–water partition coefficient (Wildman–Crippen LogP) is 2.08. The van der Waals surface area contributed by atoms with Crippen LogP contribution in [0.5, 0.6) is 0 Å². The first-order chi connectivity index (χ1) is 11.2. The van der Waals surface area contributed by atoms with Crippen molar-refractivity contribution in [2.75, 3.05) is 25.5 Å². The van der Waals surface area contributed by atoms with Crippen LogP contribution in [-0.4, -0.2) is 48.0 Å². The Balaban J connectivity index is 1.57. The highest BCUT2D eigenvalue weighted by molar-refractivity contribution is 5.98. The average Bonchev–Trinajstić information content (AvgIpc) is 3.00. The molecule has 5 rings (SSSR count). The number of fused-ring (bicyclic) bond motifs is 4. The second-order valence-corrected chi connectivity index (χ2v) is 6.58. The molecular weight excluding hydrogens is 292 g/mol. The molecule has 0 aromatic carbocycles. The molecule has 6 nitrogen and oxygen atoms in total. The molecule has 23 heavy (non-hydrogen) atoms. The topological polar surface area (TPSA) is 70.4 Å². The number of nitrogens with one attached hydrogen (secondary N) is 2. The summed E-state index contributed by atoms with van der Waals surface area (Å²) >= 11 is 0. The molecule has 3 aliphatic heterocycles. The van der Waals surface area contributed by atoms with Gasteiger partial charge in [0, 0.05) is 24.5 Å². The van der Waals surface area contributed by atoms with Gasteiger partial charge in [0.1, 0.15) is 12.0 Å². The fourth-order valence-corrected chi connectivity index (χ4v) is 4.02. The molecule has 3 aliphatic rings. The number of hydrogen-bond donors (Lipinski definition) is 2. The number of hydrogen-bond acceptors (Lipinski definition) is 5. The van der Waals surface area contributed by atoms with Crippen LogP contribution in [0.15, 0.2) is 22.9 Å². The number of carbonyl (C=O) groups is 1. The number of amides is 1. The Labute approximate surface area is 135 Å². The Morgan fingerprint density at radius 2 is 2.17 bits per heavy atom. The molecule has 3 fully saturated rings. The van der Waals surface area contributed by atoms with Crippen molar-refractivity contribution in [1.29, 1.82) is 0 Å². The molecule has 0 saturated carbocycles. The second-order valence-electron chi connectivity index (χ2n) is 6.58. The molecule has 2 aromatic rings. The van der Waals surface area contributed by atoms with Crippen molar-refractivity contribution in [3.8, 4) is 0 Å². The van der Waals surface area contributed by atoms with E-state index in [1.807, 2.05) is 7.05 Å². The smallest absolute Gasteiger partial charge is 0.270 e. The van der Waals surface area contributed by atoms with Crippen LogP contribution in [0.1, 0.15) is 30.3 Å². The van der Waals surface area contributed by atoms with Crippen LogP contribution in [-0.2, 0) is 0 Å². The number of furan rings is 1. The minimum Gasteiger partial charge on any atom is -0.460 e. The lowest BCUT2D eigenvalue weighted by molar-refractivity contribution is 0.0216. The zero-order valence-electron chi connectivity index (χ0n) is 13.5. The number of piperidine rings is 3. The molecule has 2 atom stereocenters. The van der Waals surface area contributed by atoms with Crippen LogP contribution in [0.3, 0.4) is 0 Å². The van der Waals surface area contributed by atoms with Crippen molar-refractivity contribution in [2.45, 2.75) is 31.8 Å². The van der Waals surface area contributed by atoms with Gasteiger partial charge in [-0.3, -0.25) is 9.69 Å². The van der Waals surface area contributed by atoms with Crippen molar-refractivity contribution in [3.63, 3.8) is 0 Å². The largest absolute Gasteiger partial charge is 0.460 e. The van der Waals surface area contributed by atoms with Crippen molar-refractivity contribution in [1.82, 2.24) is 15.2 Å². The van der Waals surface area contributed by atoms with Gasteiger partial charge >= 0.3 is 0 Å². The first kappa shape index (κ1) is 14.5. The molecule has 0 aliphatic carbocycles. The van der Waals surface area contributed by atoms with Gasteiger partial charge < -0.3 is 15.1 Å². The van der Waals surface area contributed by atoms with E-state index in [1.165, 1.54) is 12.8 Å². The van der Waals surface area contributed by atoms with Gasteiger partial charge in [0.05, 0.1) is 11.9 Å². The van der Waals surface area contributed by atoms with Gasteiger partial charge in [0.25, 0.3) is 5.91 Å². The summed E-state index contributed by atoms with van der Waals surface area (Å²) in [5, 5.41) is 7.17. The van der Waals surface area contributed by atoms with Crippen molar-refractivity contribution in [3.05, 3.63) is 24.2 Å². The summed E-state index contributed by atoms with van der Waals surface area (Å²) in [6.07, 6.45) is 5.61. The maximum atomic E-state index is 12.7. The van der Waals surface area contributed by atoms with E-state index in [-0.39, 0.29) is 11.9 Å². The minimum atomic E-state index is -0.0965. The summed E-state index contributed by atoms with van der Waals surface area (Å²) in [5.41, 5.74) is 1.99. The lowest BCUT2D eigenvalue weighted by Crippen LogP contribution is -2.62. The number of carbonyl (C=O) groups excluding carboxylic acids is 1.